The van der Waals surface area contributed by atoms with Crippen LogP contribution in [0.15, 0.2) is 53.1 Å². The van der Waals surface area contributed by atoms with E-state index in [0.29, 0.717) is 30.2 Å². The van der Waals surface area contributed by atoms with Crippen molar-refractivity contribution in [3.8, 4) is 11.5 Å². The number of amides is 2. The summed E-state index contributed by atoms with van der Waals surface area (Å²) >= 11 is 0. The highest BCUT2D eigenvalue weighted by Crippen LogP contribution is 2.23. The first-order valence-corrected chi connectivity index (χ1v) is 9.92. The molecule has 30 heavy (non-hydrogen) atoms. The summed E-state index contributed by atoms with van der Waals surface area (Å²) < 4.78 is 19.8. The lowest BCUT2D eigenvalue weighted by Gasteiger charge is -2.24. The number of aryl methyl sites for hydroxylation is 1. The predicted molar refractivity (Wildman–Crippen MR) is 117 cm³/mol. The maximum absolute atomic E-state index is 14.3. The van der Waals surface area contributed by atoms with Crippen molar-refractivity contribution >= 4 is 17.4 Å². The number of nitrogens with one attached hydrogen (secondary N) is 2. The molecule has 7 heteroatoms. The van der Waals surface area contributed by atoms with Crippen LogP contribution < -0.4 is 15.5 Å². The highest BCUT2D eigenvalue weighted by atomic mass is 19.1. The Bertz CT molecular complexity index is 999. The molecule has 0 bridgehead atoms. The topological polar surface area (TPSA) is 70.4 Å². The number of halogens is 1. The second kappa shape index (κ2) is 9.43. The Labute approximate surface area is 176 Å². The van der Waals surface area contributed by atoms with Crippen molar-refractivity contribution in [2.75, 3.05) is 23.8 Å². The van der Waals surface area contributed by atoms with Gasteiger partial charge in [0.25, 0.3) is 0 Å². The molecule has 0 aliphatic heterocycles. The molecule has 1 aromatic heterocycles. The molecule has 6 nitrogen and oxygen atoms in total. The summed E-state index contributed by atoms with van der Waals surface area (Å²) in [6.45, 7) is 6.37. The number of benzene rings is 2. The number of rotatable bonds is 7. The fourth-order valence-electron chi connectivity index (χ4n) is 2.88. The standard InChI is InChI=1S/C23H27FN4O2/c1-15(2)28(4)21-10-9-18(13-20(21)24)27-23(29)25-12-11-19-14-30-22(26-19)17-7-5-16(3)6-8-17/h5-10,13-15H,11-12H2,1-4H3,(H2,25,27,29). The molecule has 0 unspecified atom stereocenters. The van der Waals surface area contributed by atoms with E-state index >= 15 is 0 Å². The van der Waals surface area contributed by atoms with Crippen LogP contribution in [0, 0.1) is 12.7 Å². The van der Waals surface area contributed by atoms with Crippen LogP contribution in [0.3, 0.4) is 0 Å². The number of hydrogen-bond acceptors (Lipinski definition) is 4. The average Bonchev–Trinajstić information content (AvgIpc) is 3.17. The molecule has 158 valence electrons. The number of hydrogen-bond donors (Lipinski definition) is 2. The highest BCUT2D eigenvalue weighted by Gasteiger charge is 2.12. The molecule has 3 aromatic rings. The van der Waals surface area contributed by atoms with Crippen LogP contribution in [0.5, 0.6) is 0 Å². The minimum Gasteiger partial charge on any atom is -0.444 e. The fourth-order valence-corrected chi connectivity index (χ4v) is 2.88. The number of aromatic nitrogens is 1. The van der Waals surface area contributed by atoms with Crippen molar-refractivity contribution in [3.63, 3.8) is 0 Å². The molecule has 2 N–H and O–H groups in total. The van der Waals surface area contributed by atoms with Crippen LogP contribution >= 0.6 is 0 Å². The van der Waals surface area contributed by atoms with E-state index in [9.17, 15) is 9.18 Å². The van der Waals surface area contributed by atoms with Crippen molar-refractivity contribution in [3.05, 3.63) is 65.8 Å². The van der Waals surface area contributed by atoms with Gasteiger partial charge in [-0.3, -0.25) is 0 Å². The number of anilines is 2. The van der Waals surface area contributed by atoms with E-state index in [0.717, 1.165) is 11.3 Å². The molecule has 0 aliphatic carbocycles. The monoisotopic (exact) mass is 410 g/mol. The first-order chi connectivity index (χ1) is 14.3. The van der Waals surface area contributed by atoms with Gasteiger partial charge in [0.05, 0.1) is 11.4 Å². The van der Waals surface area contributed by atoms with Gasteiger partial charge in [0.15, 0.2) is 0 Å². The molecule has 0 fully saturated rings. The van der Waals surface area contributed by atoms with Gasteiger partial charge < -0.3 is 20.0 Å². The zero-order valence-corrected chi connectivity index (χ0v) is 17.7. The normalized spacial score (nSPS) is 10.9. The van der Waals surface area contributed by atoms with Gasteiger partial charge in [0, 0.05) is 37.3 Å². The third-order valence-electron chi connectivity index (χ3n) is 4.88. The second-order valence-corrected chi connectivity index (χ2v) is 7.51. The maximum Gasteiger partial charge on any atom is 0.319 e. The third kappa shape index (κ3) is 5.37. The van der Waals surface area contributed by atoms with Crippen LogP contribution in [0.2, 0.25) is 0 Å². The van der Waals surface area contributed by atoms with Gasteiger partial charge in [-0.25, -0.2) is 14.2 Å². The quantitative estimate of drug-likeness (QED) is 0.575. The Morgan fingerprint density at radius 3 is 2.60 bits per heavy atom. The summed E-state index contributed by atoms with van der Waals surface area (Å²) in [7, 11) is 1.83. The van der Waals surface area contributed by atoms with Gasteiger partial charge in [0.1, 0.15) is 12.1 Å². The number of carbonyl (C=O) groups excluding carboxylic acids is 1. The Kier molecular flexibility index (Phi) is 6.72. The van der Waals surface area contributed by atoms with Gasteiger partial charge >= 0.3 is 6.03 Å². The minimum absolute atomic E-state index is 0.171. The van der Waals surface area contributed by atoms with Gasteiger partial charge in [-0.15, -0.1) is 0 Å². The molecule has 1 heterocycles. The van der Waals surface area contributed by atoms with Crippen molar-refractivity contribution in [2.45, 2.75) is 33.2 Å². The Balaban J connectivity index is 1.49. The molecule has 0 saturated carbocycles. The van der Waals surface area contributed by atoms with Gasteiger partial charge in [-0.05, 0) is 51.1 Å². The van der Waals surface area contributed by atoms with Crippen molar-refractivity contribution < 1.29 is 13.6 Å². The van der Waals surface area contributed by atoms with E-state index in [-0.39, 0.29) is 11.9 Å². The number of nitrogens with zero attached hydrogens (tertiary/aromatic N) is 2. The van der Waals surface area contributed by atoms with E-state index in [4.69, 9.17) is 4.42 Å². The van der Waals surface area contributed by atoms with E-state index in [1.54, 1.807) is 18.4 Å². The summed E-state index contributed by atoms with van der Waals surface area (Å²) in [4.78, 5) is 18.4. The largest absolute Gasteiger partial charge is 0.444 e. The molecule has 0 spiro atoms. The first-order valence-electron chi connectivity index (χ1n) is 9.92. The Morgan fingerprint density at radius 1 is 1.20 bits per heavy atom. The molecule has 0 aliphatic rings. The summed E-state index contributed by atoms with van der Waals surface area (Å²) in [5.41, 5.74) is 3.71. The van der Waals surface area contributed by atoms with Gasteiger partial charge in [-0.2, -0.15) is 0 Å². The zero-order valence-electron chi connectivity index (χ0n) is 17.7. The molecule has 0 radical (unpaired) electrons. The Hall–Kier alpha value is -3.35. The third-order valence-corrected chi connectivity index (χ3v) is 4.88. The average molecular weight is 410 g/mol. The summed E-state index contributed by atoms with van der Waals surface area (Å²) in [6, 6.07) is 12.4. The fraction of sp³-hybridized carbons (Fsp3) is 0.304. The number of urea groups is 1. The van der Waals surface area contributed by atoms with Crippen molar-refractivity contribution in [2.24, 2.45) is 0 Å². The van der Waals surface area contributed by atoms with Crippen LogP contribution in [0.25, 0.3) is 11.5 Å². The lowest BCUT2D eigenvalue weighted by Crippen LogP contribution is -2.30. The summed E-state index contributed by atoms with van der Waals surface area (Å²) in [5, 5.41) is 5.39. The lowest BCUT2D eigenvalue weighted by atomic mass is 10.1. The van der Waals surface area contributed by atoms with Gasteiger partial charge in [-0.1, -0.05) is 17.7 Å². The van der Waals surface area contributed by atoms with Crippen LogP contribution in [0.4, 0.5) is 20.6 Å². The highest BCUT2D eigenvalue weighted by molar-refractivity contribution is 5.89. The first kappa shape index (κ1) is 21.4. The molecule has 2 aromatic carbocycles. The molecule has 2 amide bonds. The smallest absolute Gasteiger partial charge is 0.319 e. The summed E-state index contributed by atoms with van der Waals surface area (Å²) in [5.74, 6) is 0.173. The molecule has 0 saturated heterocycles. The van der Waals surface area contributed by atoms with Crippen LogP contribution in [-0.4, -0.2) is 30.6 Å². The second-order valence-electron chi connectivity index (χ2n) is 7.51. The molecule has 3 rings (SSSR count). The van der Waals surface area contributed by atoms with E-state index < -0.39 is 6.03 Å². The molecule has 0 atom stereocenters. The summed E-state index contributed by atoms with van der Waals surface area (Å²) in [6.07, 6.45) is 2.11. The number of carbonyl (C=O) groups is 1. The van der Waals surface area contributed by atoms with Crippen molar-refractivity contribution in [1.29, 1.82) is 0 Å². The minimum atomic E-state index is -0.401. The SMILES string of the molecule is Cc1ccc(-c2nc(CCNC(=O)Nc3ccc(N(C)C(C)C)c(F)c3)co2)cc1. The van der Waals surface area contributed by atoms with E-state index in [2.05, 4.69) is 15.6 Å². The Morgan fingerprint density at radius 2 is 1.93 bits per heavy atom. The van der Waals surface area contributed by atoms with Crippen LogP contribution in [-0.2, 0) is 6.42 Å². The van der Waals surface area contributed by atoms with E-state index in [1.807, 2.05) is 57.0 Å². The van der Waals surface area contributed by atoms with E-state index in [1.165, 1.54) is 11.6 Å². The van der Waals surface area contributed by atoms with Gasteiger partial charge in [0.2, 0.25) is 5.89 Å². The number of oxazole rings is 1. The van der Waals surface area contributed by atoms with Crippen LogP contribution in [0.1, 0.15) is 25.1 Å². The molecular weight excluding hydrogens is 383 g/mol. The predicted octanol–water partition coefficient (Wildman–Crippen LogP) is 5.00. The molecular formula is C23H27FN4O2. The zero-order chi connectivity index (χ0) is 21.7. The van der Waals surface area contributed by atoms with Crippen molar-refractivity contribution in [1.82, 2.24) is 10.3 Å². The maximum atomic E-state index is 14.3. The lowest BCUT2D eigenvalue weighted by molar-refractivity contribution is 0.252.